The minimum absolute atomic E-state index is 0.0477. The van der Waals surface area contributed by atoms with Gasteiger partial charge in [-0.15, -0.1) is 0 Å². The van der Waals surface area contributed by atoms with Gasteiger partial charge in [0.2, 0.25) is 0 Å². The van der Waals surface area contributed by atoms with Crippen LogP contribution in [0.15, 0.2) is 55.0 Å². The lowest BCUT2D eigenvalue weighted by Gasteiger charge is -2.18. The Balaban J connectivity index is 1.57. The van der Waals surface area contributed by atoms with E-state index in [0.717, 1.165) is 17.5 Å². The van der Waals surface area contributed by atoms with Crippen LogP contribution in [0.3, 0.4) is 0 Å². The summed E-state index contributed by atoms with van der Waals surface area (Å²) in [5, 5.41) is 4.38. The molecule has 132 valence electrons. The van der Waals surface area contributed by atoms with Crippen LogP contribution in [0.25, 0.3) is 11.3 Å². The van der Waals surface area contributed by atoms with Crippen molar-refractivity contribution in [1.29, 1.82) is 0 Å². The molecule has 1 amide bonds. The topological polar surface area (TPSA) is 77.0 Å². The van der Waals surface area contributed by atoms with E-state index >= 15 is 0 Å². The first kappa shape index (κ1) is 16.3. The van der Waals surface area contributed by atoms with E-state index < -0.39 is 0 Å². The highest BCUT2D eigenvalue weighted by Crippen LogP contribution is 2.29. The molecule has 0 spiro atoms. The maximum atomic E-state index is 13.0. The molecule has 6 nitrogen and oxygen atoms in total. The van der Waals surface area contributed by atoms with Gasteiger partial charge in [-0.05, 0) is 25.0 Å². The molecular formula is C20H21N5O. The zero-order valence-electron chi connectivity index (χ0n) is 14.7. The first-order valence-corrected chi connectivity index (χ1v) is 8.73. The lowest BCUT2D eigenvalue weighted by Crippen LogP contribution is -2.30. The van der Waals surface area contributed by atoms with Crippen LogP contribution in [0, 0.1) is 6.92 Å². The van der Waals surface area contributed by atoms with Crippen molar-refractivity contribution in [3.63, 3.8) is 0 Å². The minimum atomic E-state index is -0.0477. The maximum absolute atomic E-state index is 13.0. The Morgan fingerprint density at radius 2 is 2.04 bits per heavy atom. The Bertz CT molecular complexity index is 934. The van der Waals surface area contributed by atoms with Gasteiger partial charge in [0.25, 0.3) is 5.91 Å². The van der Waals surface area contributed by atoms with Gasteiger partial charge in [0.15, 0.2) is 0 Å². The molecule has 1 saturated heterocycles. The fourth-order valence-electron chi connectivity index (χ4n) is 3.43. The fourth-order valence-corrected chi connectivity index (χ4v) is 3.43. The monoisotopic (exact) mass is 347 g/mol. The van der Waals surface area contributed by atoms with Crippen molar-refractivity contribution in [2.75, 3.05) is 18.8 Å². The Morgan fingerprint density at radius 3 is 2.77 bits per heavy atom. The molecule has 1 atom stereocenters. The molecule has 4 rings (SSSR count). The van der Waals surface area contributed by atoms with E-state index in [9.17, 15) is 4.79 Å². The van der Waals surface area contributed by atoms with E-state index in [1.54, 1.807) is 12.3 Å². The number of aryl methyl sites for hydroxylation is 1. The molecule has 2 aromatic heterocycles. The van der Waals surface area contributed by atoms with E-state index in [1.165, 1.54) is 0 Å². The first-order valence-electron chi connectivity index (χ1n) is 8.73. The van der Waals surface area contributed by atoms with Crippen LogP contribution in [-0.2, 0) is 0 Å². The second-order valence-corrected chi connectivity index (χ2v) is 6.68. The van der Waals surface area contributed by atoms with Gasteiger partial charge in [-0.25, -0.2) is 0 Å². The number of nitrogens with two attached hydrogens (primary N) is 1. The average molecular weight is 347 g/mol. The van der Waals surface area contributed by atoms with Crippen LogP contribution in [0.2, 0.25) is 0 Å². The van der Waals surface area contributed by atoms with Gasteiger partial charge in [-0.1, -0.05) is 30.3 Å². The van der Waals surface area contributed by atoms with Gasteiger partial charge in [-0.2, -0.15) is 5.10 Å². The zero-order valence-corrected chi connectivity index (χ0v) is 14.7. The van der Waals surface area contributed by atoms with Gasteiger partial charge in [0, 0.05) is 31.0 Å². The second-order valence-electron chi connectivity index (χ2n) is 6.68. The summed E-state index contributed by atoms with van der Waals surface area (Å²) in [6.07, 6.45) is 6.41. The summed E-state index contributed by atoms with van der Waals surface area (Å²) >= 11 is 0. The Labute approximate surface area is 152 Å². The molecule has 1 aliphatic rings. The number of rotatable bonds is 3. The lowest BCUT2D eigenvalue weighted by atomic mass is 10.1. The van der Waals surface area contributed by atoms with Gasteiger partial charge < -0.3 is 10.6 Å². The summed E-state index contributed by atoms with van der Waals surface area (Å²) in [7, 11) is 0. The third kappa shape index (κ3) is 2.94. The molecule has 1 fully saturated rings. The molecule has 0 bridgehead atoms. The minimum Gasteiger partial charge on any atom is -0.396 e. The number of benzene rings is 1. The van der Waals surface area contributed by atoms with Crippen molar-refractivity contribution >= 4 is 11.6 Å². The van der Waals surface area contributed by atoms with E-state index in [-0.39, 0.29) is 11.9 Å². The molecule has 3 aromatic rings. The van der Waals surface area contributed by atoms with Gasteiger partial charge in [0.1, 0.15) is 0 Å². The van der Waals surface area contributed by atoms with E-state index in [1.807, 2.05) is 59.2 Å². The summed E-state index contributed by atoms with van der Waals surface area (Å²) in [5.74, 6) is -0.0477. The van der Waals surface area contributed by atoms with Crippen molar-refractivity contribution < 1.29 is 4.79 Å². The quantitative estimate of drug-likeness (QED) is 0.790. The van der Waals surface area contributed by atoms with Crippen molar-refractivity contribution in [2.45, 2.75) is 19.4 Å². The number of anilines is 1. The van der Waals surface area contributed by atoms with Crippen molar-refractivity contribution in [3.8, 4) is 11.3 Å². The maximum Gasteiger partial charge on any atom is 0.256 e. The lowest BCUT2D eigenvalue weighted by molar-refractivity contribution is 0.0788. The van der Waals surface area contributed by atoms with Crippen molar-refractivity contribution in [1.82, 2.24) is 19.7 Å². The molecule has 1 aromatic carbocycles. The molecular weight excluding hydrogens is 326 g/mol. The van der Waals surface area contributed by atoms with Crippen LogP contribution < -0.4 is 5.73 Å². The average Bonchev–Trinajstić information content (AvgIpc) is 3.31. The number of likely N-dealkylation sites (tertiary alicyclic amines) is 1. The molecule has 1 unspecified atom stereocenters. The van der Waals surface area contributed by atoms with Crippen LogP contribution >= 0.6 is 0 Å². The largest absolute Gasteiger partial charge is 0.396 e. The molecule has 26 heavy (non-hydrogen) atoms. The SMILES string of the molecule is Cc1cnn(C2CCN(C(=O)c3ccnc(-c4ccccc4)c3N)C2)c1. The molecule has 3 heterocycles. The standard InChI is InChI=1S/C20H21N5O/c1-14-11-23-25(12-14)16-8-10-24(13-16)20(26)17-7-9-22-19(18(17)21)15-5-3-2-4-6-15/h2-7,9,11-12,16H,8,10,13,21H2,1H3. The third-order valence-electron chi connectivity index (χ3n) is 4.82. The summed E-state index contributed by atoms with van der Waals surface area (Å²) in [4.78, 5) is 19.2. The number of nitrogens with zero attached hydrogens (tertiary/aromatic N) is 4. The molecule has 0 aliphatic carbocycles. The number of amides is 1. The fraction of sp³-hybridized carbons (Fsp3) is 0.250. The normalized spacial score (nSPS) is 16.8. The van der Waals surface area contributed by atoms with E-state index in [0.29, 0.717) is 30.0 Å². The predicted octanol–water partition coefficient (Wildman–Crippen LogP) is 2.92. The molecule has 6 heteroatoms. The van der Waals surface area contributed by atoms with Crippen LogP contribution in [0.4, 0.5) is 5.69 Å². The summed E-state index contributed by atoms with van der Waals surface area (Å²) < 4.78 is 1.95. The van der Waals surface area contributed by atoms with Crippen LogP contribution in [0.1, 0.15) is 28.4 Å². The molecule has 2 N–H and O–H groups in total. The number of carbonyl (C=O) groups excluding carboxylic acids is 1. The highest BCUT2D eigenvalue weighted by molar-refractivity contribution is 6.01. The first-order chi connectivity index (χ1) is 12.6. The van der Waals surface area contributed by atoms with Crippen molar-refractivity contribution in [3.05, 3.63) is 66.1 Å². The predicted molar refractivity (Wildman–Crippen MR) is 101 cm³/mol. The number of nitrogen functional groups attached to an aromatic ring is 1. The smallest absolute Gasteiger partial charge is 0.256 e. The third-order valence-corrected chi connectivity index (χ3v) is 4.82. The van der Waals surface area contributed by atoms with E-state index in [2.05, 4.69) is 10.1 Å². The molecule has 0 saturated carbocycles. The number of carbonyl (C=O) groups is 1. The number of aromatic nitrogens is 3. The van der Waals surface area contributed by atoms with Crippen molar-refractivity contribution in [2.24, 2.45) is 0 Å². The molecule has 0 radical (unpaired) electrons. The van der Waals surface area contributed by atoms with Crippen LogP contribution in [0.5, 0.6) is 0 Å². The zero-order chi connectivity index (χ0) is 18.1. The van der Waals surface area contributed by atoms with Gasteiger partial charge in [-0.3, -0.25) is 14.5 Å². The summed E-state index contributed by atoms with van der Waals surface area (Å²) in [6.45, 7) is 3.36. The highest BCUT2D eigenvalue weighted by Gasteiger charge is 2.29. The molecule has 1 aliphatic heterocycles. The summed E-state index contributed by atoms with van der Waals surface area (Å²) in [5.41, 5.74) is 9.93. The number of hydrogen-bond donors (Lipinski definition) is 1. The highest BCUT2D eigenvalue weighted by atomic mass is 16.2. The number of hydrogen-bond acceptors (Lipinski definition) is 4. The Morgan fingerprint density at radius 1 is 1.23 bits per heavy atom. The van der Waals surface area contributed by atoms with Crippen LogP contribution in [-0.4, -0.2) is 38.7 Å². The Hall–Kier alpha value is -3.15. The second kappa shape index (κ2) is 6.63. The van der Waals surface area contributed by atoms with E-state index in [4.69, 9.17) is 5.73 Å². The van der Waals surface area contributed by atoms with Gasteiger partial charge >= 0.3 is 0 Å². The number of pyridine rings is 1. The summed E-state index contributed by atoms with van der Waals surface area (Å²) in [6, 6.07) is 11.6. The Kier molecular flexibility index (Phi) is 4.16. The van der Waals surface area contributed by atoms with Gasteiger partial charge in [0.05, 0.1) is 29.2 Å².